The maximum absolute atomic E-state index is 11.4. The van der Waals surface area contributed by atoms with Crippen molar-refractivity contribution >= 4 is 11.6 Å². The van der Waals surface area contributed by atoms with E-state index in [4.69, 9.17) is 4.74 Å². The van der Waals surface area contributed by atoms with Crippen LogP contribution in [-0.4, -0.2) is 37.7 Å². The molecule has 0 bridgehead atoms. The Labute approximate surface area is 102 Å². The Kier molecular flexibility index (Phi) is 5.42. The van der Waals surface area contributed by atoms with Crippen LogP contribution in [0.15, 0.2) is 18.3 Å². The number of methoxy groups -OCH3 is 1. The lowest BCUT2D eigenvalue weighted by atomic mass is 10.2. The summed E-state index contributed by atoms with van der Waals surface area (Å²) < 4.78 is 5.01. The summed E-state index contributed by atoms with van der Waals surface area (Å²) in [6.45, 7) is 2.78. The van der Waals surface area contributed by atoms with Crippen LogP contribution in [0.2, 0.25) is 0 Å². The van der Waals surface area contributed by atoms with Crippen LogP contribution in [-0.2, 0) is 4.74 Å². The Hall–Kier alpha value is -1.62. The van der Waals surface area contributed by atoms with Crippen LogP contribution in [0.5, 0.6) is 0 Å². The van der Waals surface area contributed by atoms with Crippen molar-refractivity contribution in [2.75, 3.05) is 26.1 Å². The van der Waals surface area contributed by atoms with Gasteiger partial charge in [-0.3, -0.25) is 9.78 Å². The number of nitrogens with zero attached hydrogens (tertiary/aromatic N) is 1. The highest BCUT2D eigenvalue weighted by Crippen LogP contribution is 2.10. The molecule has 0 spiro atoms. The van der Waals surface area contributed by atoms with Crippen LogP contribution in [0.4, 0.5) is 5.69 Å². The molecule has 17 heavy (non-hydrogen) atoms. The van der Waals surface area contributed by atoms with E-state index in [2.05, 4.69) is 22.5 Å². The summed E-state index contributed by atoms with van der Waals surface area (Å²) in [6, 6.07) is 3.87. The van der Waals surface area contributed by atoms with E-state index in [9.17, 15) is 4.79 Å². The molecule has 1 aromatic heterocycles. The Morgan fingerprint density at radius 2 is 2.35 bits per heavy atom. The van der Waals surface area contributed by atoms with Gasteiger partial charge in [0.2, 0.25) is 0 Å². The predicted molar refractivity (Wildman–Crippen MR) is 67.2 cm³/mol. The minimum atomic E-state index is -0.182. The summed E-state index contributed by atoms with van der Waals surface area (Å²) in [4.78, 5) is 15.4. The largest absolute Gasteiger partial charge is 0.385 e. The number of nitrogens with one attached hydrogen (secondary N) is 2. The van der Waals surface area contributed by atoms with E-state index >= 15 is 0 Å². The number of hydrogen-bond acceptors (Lipinski definition) is 4. The van der Waals surface area contributed by atoms with Crippen LogP contribution in [0, 0.1) is 0 Å². The van der Waals surface area contributed by atoms with Crippen LogP contribution < -0.4 is 10.6 Å². The minimum absolute atomic E-state index is 0.182. The molecular weight excluding hydrogens is 218 g/mol. The Balaban J connectivity index is 2.62. The number of hydrogen-bond donors (Lipinski definition) is 2. The monoisotopic (exact) mass is 237 g/mol. The highest BCUT2D eigenvalue weighted by Gasteiger charge is 2.07. The first-order valence-electron chi connectivity index (χ1n) is 5.61. The molecule has 2 N–H and O–H groups in total. The first kappa shape index (κ1) is 13.4. The normalized spacial score (nSPS) is 11.9. The third-order valence-electron chi connectivity index (χ3n) is 2.39. The maximum atomic E-state index is 11.4. The summed E-state index contributed by atoms with van der Waals surface area (Å²) in [6.07, 6.45) is 2.53. The molecule has 1 unspecified atom stereocenters. The molecular formula is C12H19N3O2. The Bertz CT molecular complexity index is 369. The molecule has 0 radical (unpaired) electrons. The summed E-state index contributed by atoms with van der Waals surface area (Å²) in [7, 11) is 3.27. The fraction of sp³-hybridized carbons (Fsp3) is 0.500. The van der Waals surface area contributed by atoms with E-state index in [0.717, 1.165) is 12.1 Å². The Morgan fingerprint density at radius 1 is 1.59 bits per heavy atom. The molecule has 1 aromatic rings. The fourth-order valence-corrected chi connectivity index (χ4v) is 1.42. The molecule has 5 nitrogen and oxygen atoms in total. The molecule has 1 rings (SSSR count). The van der Waals surface area contributed by atoms with Gasteiger partial charge < -0.3 is 15.4 Å². The molecule has 1 amide bonds. The molecule has 0 aliphatic rings. The number of amides is 1. The van der Waals surface area contributed by atoms with E-state index in [1.54, 1.807) is 26.4 Å². The van der Waals surface area contributed by atoms with Gasteiger partial charge >= 0.3 is 0 Å². The first-order valence-corrected chi connectivity index (χ1v) is 5.61. The predicted octanol–water partition coefficient (Wildman–Crippen LogP) is 1.28. The smallest absolute Gasteiger partial charge is 0.269 e. The average Bonchev–Trinajstić information content (AvgIpc) is 2.35. The zero-order chi connectivity index (χ0) is 12.7. The summed E-state index contributed by atoms with van der Waals surface area (Å²) in [5, 5.41) is 5.84. The molecule has 94 valence electrons. The van der Waals surface area contributed by atoms with Crippen LogP contribution in [0.1, 0.15) is 23.8 Å². The van der Waals surface area contributed by atoms with E-state index in [0.29, 0.717) is 12.3 Å². The summed E-state index contributed by atoms with van der Waals surface area (Å²) >= 11 is 0. The average molecular weight is 237 g/mol. The lowest BCUT2D eigenvalue weighted by Crippen LogP contribution is -2.21. The van der Waals surface area contributed by atoms with E-state index < -0.39 is 0 Å². The molecule has 0 saturated carbocycles. The molecule has 0 saturated heterocycles. The van der Waals surface area contributed by atoms with E-state index in [1.165, 1.54) is 0 Å². The van der Waals surface area contributed by atoms with E-state index in [1.807, 2.05) is 6.07 Å². The van der Waals surface area contributed by atoms with Crippen molar-refractivity contribution in [2.24, 2.45) is 0 Å². The van der Waals surface area contributed by atoms with Crippen molar-refractivity contribution < 1.29 is 9.53 Å². The van der Waals surface area contributed by atoms with Crippen molar-refractivity contribution in [1.82, 2.24) is 10.3 Å². The van der Waals surface area contributed by atoms with Gasteiger partial charge in [0.25, 0.3) is 5.91 Å². The topological polar surface area (TPSA) is 63.2 Å². The van der Waals surface area contributed by atoms with E-state index in [-0.39, 0.29) is 11.9 Å². The number of ether oxygens (including phenoxy) is 1. The zero-order valence-electron chi connectivity index (χ0n) is 10.5. The SMILES string of the molecule is CNC(=O)c1cc(NC(C)CCOC)ccn1. The standard InChI is InChI=1S/C12H19N3O2/c1-9(5-7-17-3)15-10-4-6-14-11(8-10)12(16)13-2/h4,6,8-9H,5,7H2,1-3H3,(H,13,16)(H,14,15). The number of rotatable bonds is 6. The quantitative estimate of drug-likeness (QED) is 0.782. The zero-order valence-corrected chi connectivity index (χ0v) is 10.5. The Morgan fingerprint density at radius 3 is 3.00 bits per heavy atom. The maximum Gasteiger partial charge on any atom is 0.269 e. The fourth-order valence-electron chi connectivity index (χ4n) is 1.42. The van der Waals surface area contributed by atoms with Crippen molar-refractivity contribution in [1.29, 1.82) is 0 Å². The first-order chi connectivity index (χ1) is 8.17. The lowest BCUT2D eigenvalue weighted by molar-refractivity contribution is 0.0958. The molecule has 1 atom stereocenters. The number of anilines is 1. The van der Waals surface area contributed by atoms with Crippen LogP contribution in [0.3, 0.4) is 0 Å². The summed E-state index contributed by atoms with van der Waals surface area (Å²) in [5.41, 5.74) is 1.30. The third kappa shape index (κ3) is 4.40. The minimum Gasteiger partial charge on any atom is -0.385 e. The molecule has 0 fully saturated rings. The van der Waals surface area contributed by atoms with Crippen LogP contribution >= 0.6 is 0 Å². The summed E-state index contributed by atoms with van der Waals surface area (Å²) in [5.74, 6) is -0.182. The van der Waals surface area contributed by atoms with Crippen LogP contribution in [0.25, 0.3) is 0 Å². The lowest BCUT2D eigenvalue weighted by Gasteiger charge is -2.14. The third-order valence-corrected chi connectivity index (χ3v) is 2.39. The molecule has 1 heterocycles. The molecule has 0 aliphatic heterocycles. The van der Waals surface area contributed by atoms with Gasteiger partial charge in [-0.25, -0.2) is 0 Å². The number of carbonyl (C=O) groups is 1. The second-order valence-corrected chi connectivity index (χ2v) is 3.84. The van der Waals surface area contributed by atoms with Gasteiger partial charge in [-0.05, 0) is 25.5 Å². The highest BCUT2D eigenvalue weighted by molar-refractivity contribution is 5.92. The van der Waals surface area contributed by atoms with Gasteiger partial charge in [-0.15, -0.1) is 0 Å². The second kappa shape index (κ2) is 6.85. The molecule has 5 heteroatoms. The van der Waals surface area contributed by atoms with Crippen molar-refractivity contribution in [3.8, 4) is 0 Å². The second-order valence-electron chi connectivity index (χ2n) is 3.84. The van der Waals surface area contributed by atoms with Crippen molar-refractivity contribution in [3.05, 3.63) is 24.0 Å². The number of aromatic nitrogens is 1. The van der Waals surface area contributed by atoms with Gasteiger partial charge in [-0.1, -0.05) is 0 Å². The highest BCUT2D eigenvalue weighted by atomic mass is 16.5. The van der Waals surface area contributed by atoms with Crippen molar-refractivity contribution in [3.63, 3.8) is 0 Å². The number of pyridine rings is 1. The van der Waals surface area contributed by atoms with Gasteiger partial charge in [0.1, 0.15) is 5.69 Å². The molecule has 0 aliphatic carbocycles. The molecule has 0 aromatic carbocycles. The van der Waals surface area contributed by atoms with Gasteiger partial charge in [0, 0.05) is 38.7 Å². The van der Waals surface area contributed by atoms with Crippen molar-refractivity contribution in [2.45, 2.75) is 19.4 Å². The van der Waals surface area contributed by atoms with Gasteiger partial charge in [0.05, 0.1) is 0 Å². The van der Waals surface area contributed by atoms with Gasteiger partial charge in [0.15, 0.2) is 0 Å². The van der Waals surface area contributed by atoms with Gasteiger partial charge in [-0.2, -0.15) is 0 Å². The number of carbonyl (C=O) groups excluding carboxylic acids is 1.